The largest absolute Gasteiger partial charge is 0.353 e. The molecule has 3 N–H and O–H groups in total. The van der Waals surface area contributed by atoms with Crippen LogP contribution in [0.15, 0.2) is 35.4 Å². The molecule has 0 unspecified atom stereocenters. The van der Waals surface area contributed by atoms with Gasteiger partial charge < -0.3 is 25.1 Å². The van der Waals surface area contributed by atoms with E-state index in [1.807, 2.05) is 6.07 Å². The van der Waals surface area contributed by atoms with E-state index in [9.17, 15) is 24.0 Å². The van der Waals surface area contributed by atoms with E-state index in [0.717, 1.165) is 30.6 Å². The van der Waals surface area contributed by atoms with Crippen molar-refractivity contribution < 1.29 is 19.2 Å². The molecule has 11 heteroatoms. The first-order valence-electron chi connectivity index (χ1n) is 15.2. The minimum Gasteiger partial charge on any atom is -0.353 e. The summed E-state index contributed by atoms with van der Waals surface area (Å²) >= 11 is 0. The molecule has 4 saturated carbocycles. The number of amides is 3. The maximum Gasteiger partial charge on any atom is 0.287 e. The van der Waals surface area contributed by atoms with Gasteiger partial charge in [-0.1, -0.05) is 0 Å². The molecule has 1 atom stereocenters. The summed E-state index contributed by atoms with van der Waals surface area (Å²) in [5.41, 5.74) is 0.581. The summed E-state index contributed by atoms with van der Waals surface area (Å²) in [5.74, 6) is -0.219. The Morgan fingerprint density at radius 1 is 1.12 bits per heavy atom. The number of aryl methyl sites for hydroxylation is 2. The smallest absolute Gasteiger partial charge is 0.287 e. The Morgan fingerprint density at radius 3 is 2.40 bits per heavy atom. The summed E-state index contributed by atoms with van der Waals surface area (Å²) in [4.78, 5) is 63.6. The molecule has 0 spiro atoms. The van der Waals surface area contributed by atoms with Gasteiger partial charge in [0.15, 0.2) is 0 Å². The van der Waals surface area contributed by atoms with Crippen LogP contribution in [0.25, 0.3) is 0 Å². The number of nitrogens with zero attached hydrogens (tertiary/aromatic N) is 3. The van der Waals surface area contributed by atoms with Crippen LogP contribution >= 0.6 is 0 Å². The van der Waals surface area contributed by atoms with E-state index in [-0.39, 0.29) is 35.3 Å². The van der Waals surface area contributed by atoms with Gasteiger partial charge in [0.2, 0.25) is 11.7 Å². The van der Waals surface area contributed by atoms with E-state index in [2.05, 4.69) is 16.0 Å². The molecule has 228 valence electrons. The second-order valence-electron chi connectivity index (χ2n) is 12.8. The lowest BCUT2D eigenvalue weighted by molar-refractivity contribution is -0.137. The van der Waals surface area contributed by atoms with E-state index < -0.39 is 29.5 Å². The third-order valence-electron chi connectivity index (χ3n) is 9.68. The van der Waals surface area contributed by atoms with Gasteiger partial charge in [0.25, 0.3) is 17.4 Å². The maximum atomic E-state index is 13.4. The molecule has 0 radical (unpaired) electrons. The minimum absolute atomic E-state index is 0.0739. The number of Topliss-reactive ketones (excluding diaryl/α,β-unsaturated/α-hetero) is 1. The van der Waals surface area contributed by atoms with Crippen molar-refractivity contribution in [3.05, 3.63) is 52.2 Å². The summed E-state index contributed by atoms with van der Waals surface area (Å²) in [5, 5.41) is 16.7. The van der Waals surface area contributed by atoms with E-state index in [0.29, 0.717) is 12.0 Å². The van der Waals surface area contributed by atoms with Crippen molar-refractivity contribution in [1.82, 2.24) is 19.8 Å². The molecule has 2 aromatic heterocycles. The van der Waals surface area contributed by atoms with Crippen LogP contribution in [0.5, 0.6) is 0 Å². The molecule has 2 heterocycles. The van der Waals surface area contributed by atoms with Gasteiger partial charge in [-0.15, -0.1) is 0 Å². The highest BCUT2D eigenvalue weighted by Crippen LogP contribution is 2.61. The van der Waals surface area contributed by atoms with Crippen LogP contribution in [0, 0.1) is 34.5 Å². The number of carbonyl (C=O) groups is 4. The summed E-state index contributed by atoms with van der Waals surface area (Å²) in [7, 11) is 2.92. The Bertz CT molecular complexity index is 1480. The Balaban J connectivity index is 1.25. The second-order valence-corrected chi connectivity index (χ2v) is 12.8. The number of hydrogen-bond acceptors (Lipinski definition) is 6. The number of nitriles is 1. The zero-order chi connectivity index (χ0) is 30.7. The van der Waals surface area contributed by atoms with Gasteiger partial charge in [-0.05, 0) is 99.2 Å². The third kappa shape index (κ3) is 6.74. The minimum atomic E-state index is -1.22. The lowest BCUT2D eigenvalue weighted by atomic mass is 9.48. The van der Waals surface area contributed by atoms with Crippen molar-refractivity contribution in [3.63, 3.8) is 0 Å². The van der Waals surface area contributed by atoms with E-state index >= 15 is 0 Å². The zero-order valence-corrected chi connectivity index (χ0v) is 24.9. The number of carbonyl (C=O) groups excluding carboxylic acids is 4. The monoisotopic (exact) mass is 588 g/mol. The second kappa shape index (κ2) is 12.6. The first kappa shape index (κ1) is 30.3. The number of pyridine rings is 1. The molecule has 0 aromatic carbocycles. The fourth-order valence-corrected chi connectivity index (χ4v) is 8.13. The van der Waals surface area contributed by atoms with E-state index in [4.69, 9.17) is 5.26 Å². The average molecular weight is 589 g/mol. The molecular weight excluding hydrogens is 548 g/mol. The van der Waals surface area contributed by atoms with Crippen molar-refractivity contribution >= 4 is 29.2 Å². The number of rotatable bonds is 12. The average Bonchev–Trinajstić information content (AvgIpc) is 3.36. The van der Waals surface area contributed by atoms with Crippen LogP contribution in [-0.4, -0.2) is 45.7 Å². The molecule has 4 aliphatic carbocycles. The van der Waals surface area contributed by atoms with Gasteiger partial charge in [-0.25, -0.2) is 0 Å². The predicted octanol–water partition coefficient (Wildman–Crippen LogP) is 2.89. The number of anilines is 1. The quantitative estimate of drug-likeness (QED) is 0.324. The summed E-state index contributed by atoms with van der Waals surface area (Å²) < 4.78 is 3.07. The lowest BCUT2D eigenvalue weighted by Crippen LogP contribution is -2.46. The molecular formula is C32H40N6O5. The molecule has 6 rings (SSSR count). The number of nitrogens with one attached hydrogen (secondary N) is 3. The van der Waals surface area contributed by atoms with Crippen LogP contribution in [0.2, 0.25) is 0 Å². The fourth-order valence-electron chi connectivity index (χ4n) is 8.13. The molecule has 43 heavy (non-hydrogen) atoms. The first-order chi connectivity index (χ1) is 20.6. The molecule has 11 nitrogen and oxygen atoms in total. The van der Waals surface area contributed by atoms with Gasteiger partial charge in [0.1, 0.15) is 23.5 Å². The van der Waals surface area contributed by atoms with Crippen molar-refractivity contribution in [2.24, 2.45) is 30.2 Å². The molecule has 3 amide bonds. The van der Waals surface area contributed by atoms with Crippen molar-refractivity contribution in [1.29, 1.82) is 5.26 Å². The van der Waals surface area contributed by atoms with Crippen LogP contribution in [0.4, 0.5) is 5.69 Å². The van der Waals surface area contributed by atoms with Crippen LogP contribution in [0.1, 0.15) is 80.3 Å². The Kier molecular flexibility index (Phi) is 8.85. The Morgan fingerprint density at radius 2 is 1.79 bits per heavy atom. The lowest BCUT2D eigenvalue weighted by Gasteiger charge is -2.57. The molecule has 4 bridgehead atoms. The Hall–Kier alpha value is -4.20. The fraction of sp³-hybridized carbons (Fsp3) is 0.562. The highest BCUT2D eigenvalue weighted by atomic mass is 16.2. The zero-order valence-electron chi connectivity index (χ0n) is 24.9. The summed E-state index contributed by atoms with van der Waals surface area (Å²) in [6.45, 7) is 0.555. The third-order valence-corrected chi connectivity index (χ3v) is 9.68. The van der Waals surface area contributed by atoms with Crippen molar-refractivity contribution in [2.45, 2.75) is 76.8 Å². The normalized spacial score (nSPS) is 24.2. The van der Waals surface area contributed by atoms with Crippen LogP contribution in [0.3, 0.4) is 0 Å². The van der Waals surface area contributed by atoms with Gasteiger partial charge in [0, 0.05) is 39.5 Å². The van der Waals surface area contributed by atoms with Crippen molar-refractivity contribution in [3.8, 4) is 6.07 Å². The standard InChI is InChI=1S/C32H40N6O5/c1-34-30(42)27(39)7-6-24(35-29(41)26-14-23(18-33)19-37(26)2)28(40)36-25-5-3-9-38(31(25)43)10-4-8-32-15-20-11-21(16-32)13-22(12-20)17-32/h3,5,9,14,19-22,24H,4,6-8,10-13,15-17H2,1-2H3,(H,34,42)(H,35,41)(H,36,40)/t20?,21?,22?,24-,32?/m0/s1. The molecule has 4 fully saturated rings. The highest BCUT2D eigenvalue weighted by Gasteiger charge is 2.50. The maximum absolute atomic E-state index is 13.4. The van der Waals surface area contributed by atoms with Crippen molar-refractivity contribution in [2.75, 3.05) is 12.4 Å². The first-order valence-corrected chi connectivity index (χ1v) is 15.2. The number of aromatic nitrogens is 2. The van der Waals surface area contributed by atoms with Crippen LogP contribution in [-0.2, 0) is 28.0 Å². The number of likely N-dealkylation sites (N-methyl/N-ethyl adjacent to an activating group) is 1. The summed E-state index contributed by atoms with van der Waals surface area (Å²) in [6.07, 6.45) is 12.9. The SMILES string of the molecule is CNC(=O)C(=O)CC[C@H](NC(=O)c1cc(C#N)cn1C)C(=O)Nc1cccn(CCCC23CC4CC(CC(C4)C2)C3)c1=O. The summed E-state index contributed by atoms with van der Waals surface area (Å²) in [6, 6.07) is 5.35. The highest BCUT2D eigenvalue weighted by molar-refractivity contribution is 6.36. The number of hydrogen-bond donors (Lipinski definition) is 3. The van der Waals surface area contributed by atoms with Gasteiger partial charge in [-0.3, -0.25) is 24.0 Å². The topological polar surface area (TPSA) is 155 Å². The van der Waals surface area contributed by atoms with Gasteiger partial charge >= 0.3 is 0 Å². The number of ketones is 1. The molecule has 0 aliphatic heterocycles. The van der Waals surface area contributed by atoms with E-state index in [1.165, 1.54) is 68.5 Å². The molecule has 2 aromatic rings. The van der Waals surface area contributed by atoms with Crippen LogP contribution < -0.4 is 21.5 Å². The molecule has 4 aliphatic rings. The van der Waals surface area contributed by atoms with Gasteiger partial charge in [-0.2, -0.15) is 5.26 Å². The Labute approximate surface area is 251 Å². The van der Waals surface area contributed by atoms with Gasteiger partial charge in [0.05, 0.1) is 5.56 Å². The molecule has 0 saturated heterocycles. The predicted molar refractivity (Wildman–Crippen MR) is 159 cm³/mol. The van der Waals surface area contributed by atoms with E-state index in [1.54, 1.807) is 23.9 Å².